The summed E-state index contributed by atoms with van der Waals surface area (Å²) >= 11 is 0. The van der Waals surface area contributed by atoms with Crippen LogP contribution < -0.4 is 10.6 Å². The largest absolute Gasteiger partial charge is 0.480 e. The number of carbonyl (C=O) groups is 2. The van der Waals surface area contributed by atoms with Gasteiger partial charge in [-0.15, -0.1) is 0 Å². The summed E-state index contributed by atoms with van der Waals surface area (Å²) in [5, 5.41) is 8.80. The smallest absolute Gasteiger partial charge is 0.317 e. The molecule has 1 aliphatic rings. The molecule has 0 aromatic carbocycles. The Morgan fingerprint density at radius 1 is 1.29 bits per heavy atom. The lowest BCUT2D eigenvalue weighted by molar-refractivity contribution is -0.138. The van der Waals surface area contributed by atoms with Gasteiger partial charge in [-0.1, -0.05) is 0 Å². The van der Waals surface area contributed by atoms with E-state index in [-0.39, 0.29) is 6.54 Å². The highest BCUT2D eigenvalue weighted by molar-refractivity contribution is 5.98. The summed E-state index contributed by atoms with van der Waals surface area (Å²) in [7, 11) is 0. The first-order valence-corrected chi connectivity index (χ1v) is 6.85. The van der Waals surface area contributed by atoms with Gasteiger partial charge < -0.3 is 15.7 Å². The van der Waals surface area contributed by atoms with Crippen LogP contribution in [0.3, 0.4) is 0 Å². The van der Waals surface area contributed by atoms with Gasteiger partial charge in [0.1, 0.15) is 5.82 Å². The average molecular weight is 292 g/mol. The molecule has 0 radical (unpaired) electrons. The van der Waals surface area contributed by atoms with Gasteiger partial charge >= 0.3 is 5.97 Å². The second-order valence-corrected chi connectivity index (χ2v) is 5.28. The normalized spacial score (nSPS) is 16.0. The molecule has 7 nitrogen and oxygen atoms in total. The van der Waals surface area contributed by atoms with E-state index < -0.39 is 11.9 Å². The molecular formula is C14H20N4O3. The zero-order chi connectivity index (χ0) is 15.6. The minimum Gasteiger partial charge on any atom is -0.480 e. The fraction of sp³-hybridized carbons (Fsp3) is 0.500. The van der Waals surface area contributed by atoms with Gasteiger partial charge in [0, 0.05) is 31.9 Å². The molecule has 0 bridgehead atoms. The lowest BCUT2D eigenvalue weighted by Crippen LogP contribution is -2.48. The van der Waals surface area contributed by atoms with Crippen molar-refractivity contribution in [3.05, 3.63) is 22.9 Å². The summed E-state index contributed by atoms with van der Waals surface area (Å²) in [6, 6.07) is 1.77. The van der Waals surface area contributed by atoms with Crippen molar-refractivity contribution in [3.63, 3.8) is 0 Å². The van der Waals surface area contributed by atoms with E-state index in [0.717, 1.165) is 11.3 Å². The number of piperazine rings is 1. The SMILES string of the molecule is Cc1cc(C(N)=O)c(N2CCN(CC(=O)O)CC2)nc1C. The van der Waals surface area contributed by atoms with Crippen molar-refractivity contribution in [2.75, 3.05) is 37.6 Å². The van der Waals surface area contributed by atoms with E-state index in [4.69, 9.17) is 10.8 Å². The third-order valence-corrected chi connectivity index (χ3v) is 3.74. The maximum absolute atomic E-state index is 11.6. The molecule has 1 aliphatic heterocycles. The van der Waals surface area contributed by atoms with Gasteiger partial charge in [-0.25, -0.2) is 4.98 Å². The molecule has 1 aromatic rings. The molecule has 1 amide bonds. The molecule has 1 fully saturated rings. The van der Waals surface area contributed by atoms with Crippen LogP contribution in [-0.2, 0) is 4.79 Å². The molecule has 2 heterocycles. The Bertz CT molecular complexity index is 566. The molecule has 2 rings (SSSR count). The molecule has 1 saturated heterocycles. The van der Waals surface area contributed by atoms with E-state index >= 15 is 0 Å². The number of carboxylic acids is 1. The van der Waals surface area contributed by atoms with Crippen molar-refractivity contribution >= 4 is 17.7 Å². The number of nitrogens with zero attached hydrogens (tertiary/aromatic N) is 3. The lowest BCUT2D eigenvalue weighted by Gasteiger charge is -2.35. The Labute approximate surface area is 123 Å². The summed E-state index contributed by atoms with van der Waals surface area (Å²) in [5.74, 6) is -0.722. The van der Waals surface area contributed by atoms with Crippen LogP contribution in [0.5, 0.6) is 0 Å². The van der Waals surface area contributed by atoms with Crippen LogP contribution in [0.25, 0.3) is 0 Å². The monoisotopic (exact) mass is 292 g/mol. The van der Waals surface area contributed by atoms with Crippen LogP contribution in [-0.4, -0.2) is 59.6 Å². The minimum atomic E-state index is -0.828. The number of rotatable bonds is 4. The lowest BCUT2D eigenvalue weighted by atomic mass is 10.1. The molecule has 0 aliphatic carbocycles. The molecule has 21 heavy (non-hydrogen) atoms. The zero-order valence-corrected chi connectivity index (χ0v) is 12.3. The van der Waals surface area contributed by atoms with Crippen LogP contribution in [0.4, 0.5) is 5.82 Å². The number of hydrogen-bond donors (Lipinski definition) is 2. The van der Waals surface area contributed by atoms with Gasteiger partial charge in [0.25, 0.3) is 5.91 Å². The van der Waals surface area contributed by atoms with E-state index in [1.807, 2.05) is 23.6 Å². The molecule has 0 spiro atoms. The van der Waals surface area contributed by atoms with Gasteiger partial charge in [-0.2, -0.15) is 0 Å². The topological polar surface area (TPSA) is 99.8 Å². The van der Waals surface area contributed by atoms with E-state index in [2.05, 4.69) is 4.98 Å². The Balaban J connectivity index is 2.18. The van der Waals surface area contributed by atoms with Crippen molar-refractivity contribution in [2.24, 2.45) is 5.73 Å². The van der Waals surface area contributed by atoms with Crippen LogP contribution in [0.1, 0.15) is 21.6 Å². The first-order chi connectivity index (χ1) is 9.88. The van der Waals surface area contributed by atoms with Crippen molar-refractivity contribution < 1.29 is 14.7 Å². The standard InChI is InChI=1S/C14H20N4O3/c1-9-7-11(13(15)21)14(16-10(9)2)18-5-3-17(4-6-18)8-12(19)20/h7H,3-6,8H2,1-2H3,(H2,15,21)(H,19,20). The number of hydrogen-bond acceptors (Lipinski definition) is 5. The molecule has 3 N–H and O–H groups in total. The van der Waals surface area contributed by atoms with Gasteiger partial charge in [-0.3, -0.25) is 14.5 Å². The number of carboxylic acid groups (broad SMARTS) is 1. The Morgan fingerprint density at radius 2 is 1.90 bits per heavy atom. The quantitative estimate of drug-likeness (QED) is 0.810. The van der Waals surface area contributed by atoms with E-state index in [1.165, 1.54) is 0 Å². The number of pyridine rings is 1. The minimum absolute atomic E-state index is 0.0386. The van der Waals surface area contributed by atoms with Gasteiger partial charge in [0.15, 0.2) is 0 Å². The third kappa shape index (κ3) is 3.49. The van der Waals surface area contributed by atoms with Crippen molar-refractivity contribution in [1.82, 2.24) is 9.88 Å². The van der Waals surface area contributed by atoms with Gasteiger partial charge in [-0.05, 0) is 25.5 Å². The zero-order valence-electron chi connectivity index (χ0n) is 12.3. The number of primary amides is 1. The van der Waals surface area contributed by atoms with Crippen molar-refractivity contribution in [1.29, 1.82) is 0 Å². The Kier molecular flexibility index (Phi) is 4.42. The maximum atomic E-state index is 11.6. The van der Waals surface area contributed by atoms with E-state index in [0.29, 0.717) is 37.6 Å². The van der Waals surface area contributed by atoms with E-state index in [1.54, 1.807) is 6.07 Å². The maximum Gasteiger partial charge on any atom is 0.317 e. The molecule has 114 valence electrons. The highest BCUT2D eigenvalue weighted by Crippen LogP contribution is 2.22. The van der Waals surface area contributed by atoms with Crippen LogP contribution in [0.15, 0.2) is 6.07 Å². The second-order valence-electron chi connectivity index (χ2n) is 5.28. The Morgan fingerprint density at radius 3 is 2.43 bits per heavy atom. The molecule has 0 saturated carbocycles. The van der Waals surface area contributed by atoms with Crippen LogP contribution >= 0.6 is 0 Å². The highest BCUT2D eigenvalue weighted by atomic mass is 16.4. The molecular weight excluding hydrogens is 272 g/mol. The summed E-state index contributed by atoms with van der Waals surface area (Å²) < 4.78 is 0. The second kappa shape index (κ2) is 6.09. The van der Waals surface area contributed by atoms with Gasteiger partial charge in [0.2, 0.25) is 0 Å². The highest BCUT2D eigenvalue weighted by Gasteiger charge is 2.23. The van der Waals surface area contributed by atoms with Crippen LogP contribution in [0.2, 0.25) is 0 Å². The number of carbonyl (C=O) groups excluding carboxylic acids is 1. The van der Waals surface area contributed by atoms with Gasteiger partial charge in [0.05, 0.1) is 12.1 Å². The predicted molar refractivity (Wildman–Crippen MR) is 78.5 cm³/mol. The Hall–Kier alpha value is -2.15. The summed E-state index contributed by atoms with van der Waals surface area (Å²) in [6.45, 7) is 6.33. The molecule has 7 heteroatoms. The molecule has 1 aromatic heterocycles. The number of aromatic nitrogens is 1. The number of anilines is 1. The predicted octanol–water partition coefficient (Wildman–Crippen LogP) is 0.00394. The van der Waals surface area contributed by atoms with E-state index in [9.17, 15) is 9.59 Å². The summed E-state index contributed by atoms with van der Waals surface area (Å²) in [4.78, 5) is 30.7. The first-order valence-electron chi connectivity index (χ1n) is 6.85. The molecule has 0 unspecified atom stereocenters. The molecule has 0 atom stereocenters. The van der Waals surface area contributed by atoms with Crippen molar-refractivity contribution in [2.45, 2.75) is 13.8 Å². The first kappa shape index (κ1) is 15.2. The van der Waals surface area contributed by atoms with Crippen molar-refractivity contribution in [3.8, 4) is 0 Å². The summed E-state index contributed by atoms with van der Waals surface area (Å²) in [6.07, 6.45) is 0. The fourth-order valence-corrected chi connectivity index (χ4v) is 2.42. The number of aryl methyl sites for hydroxylation is 2. The number of amides is 1. The number of nitrogens with two attached hydrogens (primary N) is 1. The van der Waals surface area contributed by atoms with Crippen LogP contribution in [0, 0.1) is 13.8 Å². The average Bonchev–Trinajstić information content (AvgIpc) is 2.41. The third-order valence-electron chi connectivity index (χ3n) is 3.74. The number of aliphatic carboxylic acids is 1. The fourth-order valence-electron chi connectivity index (χ4n) is 2.42. The summed E-state index contributed by atoms with van der Waals surface area (Å²) in [5.41, 5.74) is 7.65.